The van der Waals surface area contributed by atoms with Gasteiger partial charge in [0.05, 0.1) is 24.6 Å². The van der Waals surface area contributed by atoms with Gasteiger partial charge in [-0.15, -0.1) is 0 Å². The third kappa shape index (κ3) is 6.03. The molecule has 13 heteroatoms. The maximum atomic E-state index is 12.2. The summed E-state index contributed by atoms with van der Waals surface area (Å²) in [5.41, 5.74) is 2.56. The van der Waals surface area contributed by atoms with Crippen LogP contribution in [0.3, 0.4) is 0 Å². The average Bonchev–Trinajstić information content (AvgIpc) is 3.74. The predicted octanol–water partition coefficient (Wildman–Crippen LogP) is 4.16. The van der Waals surface area contributed by atoms with Crippen molar-refractivity contribution in [3.63, 3.8) is 0 Å². The van der Waals surface area contributed by atoms with Crippen molar-refractivity contribution in [3.05, 3.63) is 90.0 Å². The fourth-order valence-electron chi connectivity index (χ4n) is 5.38. The van der Waals surface area contributed by atoms with Gasteiger partial charge in [0, 0.05) is 6.54 Å². The summed E-state index contributed by atoms with van der Waals surface area (Å²) in [4.78, 5) is 37.0. The Labute approximate surface area is 252 Å². The molecule has 6 atom stereocenters. The summed E-state index contributed by atoms with van der Waals surface area (Å²) in [5, 5.41) is 15.0. The van der Waals surface area contributed by atoms with Crippen molar-refractivity contribution in [2.45, 2.75) is 50.8 Å². The third-order valence-corrected chi connectivity index (χ3v) is 7.46. The molecule has 13 nitrogen and oxygen atoms in total. The van der Waals surface area contributed by atoms with Crippen LogP contribution in [-0.4, -0.2) is 74.4 Å². The molecular weight excluding hydrogens is 568 g/mol. The molecule has 2 amide bonds. The normalized spacial score (nSPS) is 23.5. The second kappa shape index (κ2) is 12.9. The molecule has 2 aromatic carbocycles. The highest BCUT2D eigenvalue weighted by Gasteiger charge is 2.53. The summed E-state index contributed by atoms with van der Waals surface area (Å²) in [6, 6.07) is 16.1. The van der Waals surface area contributed by atoms with Gasteiger partial charge in [0.25, 0.3) is 0 Å². The van der Waals surface area contributed by atoms with Gasteiger partial charge in [0.15, 0.2) is 29.5 Å². The lowest BCUT2D eigenvalue weighted by Gasteiger charge is -2.22. The number of benzene rings is 2. The van der Waals surface area contributed by atoms with E-state index in [4.69, 9.17) is 18.9 Å². The first-order valence-corrected chi connectivity index (χ1v) is 14.3. The number of amides is 2. The van der Waals surface area contributed by atoms with Crippen LogP contribution in [-0.2, 0) is 18.9 Å². The molecule has 2 fully saturated rings. The number of imidazole rings is 1. The van der Waals surface area contributed by atoms with E-state index in [2.05, 4.69) is 25.6 Å². The molecule has 2 aromatic heterocycles. The molecule has 0 saturated carbocycles. The highest BCUT2D eigenvalue weighted by molar-refractivity contribution is 5.95. The number of carboxylic acids is 1. The van der Waals surface area contributed by atoms with Crippen molar-refractivity contribution >= 4 is 35.1 Å². The Morgan fingerprint density at radius 1 is 1.05 bits per heavy atom. The quantitative estimate of drug-likeness (QED) is 0.241. The molecule has 4 unspecified atom stereocenters. The first-order valence-electron chi connectivity index (χ1n) is 14.3. The monoisotopic (exact) mass is 600 g/mol. The molecule has 2 aliphatic heterocycles. The number of hydrogen-bond acceptors (Lipinski definition) is 9. The van der Waals surface area contributed by atoms with E-state index in [1.165, 1.54) is 6.33 Å². The van der Waals surface area contributed by atoms with Gasteiger partial charge in [-0.05, 0) is 37.1 Å². The molecule has 4 aromatic rings. The second-order valence-electron chi connectivity index (χ2n) is 10.3. The number of ether oxygens (including phenoxy) is 4. The van der Waals surface area contributed by atoms with E-state index in [1.54, 1.807) is 42.1 Å². The Hall–Kier alpha value is -4.69. The molecule has 0 aliphatic carbocycles. The van der Waals surface area contributed by atoms with Crippen LogP contribution in [0.25, 0.3) is 17.2 Å². The minimum atomic E-state index is -1.02. The lowest BCUT2D eigenvalue weighted by atomic mass is 10.0. The lowest BCUT2D eigenvalue weighted by Crippen LogP contribution is -2.32. The summed E-state index contributed by atoms with van der Waals surface area (Å²) in [5.74, 6) is -0.767. The van der Waals surface area contributed by atoms with Gasteiger partial charge in [0.2, 0.25) is 0 Å². The average molecular weight is 601 g/mol. The highest BCUT2D eigenvalue weighted by atomic mass is 16.8. The Balaban J connectivity index is 1.26. The summed E-state index contributed by atoms with van der Waals surface area (Å²) in [6.45, 7) is 4.17. The lowest BCUT2D eigenvalue weighted by molar-refractivity contribution is -0.142. The van der Waals surface area contributed by atoms with E-state index in [-0.39, 0.29) is 18.0 Å². The number of carbonyl (C=O) groups excluding carboxylic acids is 1. The van der Waals surface area contributed by atoms with Gasteiger partial charge >= 0.3 is 12.0 Å². The number of fused-ring (bicyclic) bond motifs is 2. The Morgan fingerprint density at radius 3 is 2.61 bits per heavy atom. The fraction of sp³-hybridized carbons (Fsp3) is 0.323. The van der Waals surface area contributed by atoms with Gasteiger partial charge in [0.1, 0.15) is 24.6 Å². The standard InChI is InChI=1S/C31H32N6O7/c1-3-32-31(40)36-27-24-28(34-16-33-27)37(17-35-24)29-26-25(43-23(44-26)14-13-19-9-5-4-6-10-19)22(42-29)15-41-18(2)20-11-7-8-12-21(20)30(38)39/h4-14,16-18,22-23,25-26,29H,3,15H2,1-2H3,(H,38,39)(H2,32,33,34,36,40)/b14-13+/t18-,22?,23-,25?,26?,29?/m0/s1. The summed E-state index contributed by atoms with van der Waals surface area (Å²) in [6.07, 6.45) is 3.18. The second-order valence-corrected chi connectivity index (χ2v) is 10.3. The first-order chi connectivity index (χ1) is 21.4. The van der Waals surface area contributed by atoms with Gasteiger partial charge in [-0.3, -0.25) is 9.88 Å². The molecule has 6 rings (SSSR count). The maximum Gasteiger partial charge on any atom is 0.336 e. The zero-order chi connectivity index (χ0) is 30.6. The van der Waals surface area contributed by atoms with Gasteiger partial charge in [-0.25, -0.2) is 24.5 Å². The molecular formula is C31H32N6O7. The zero-order valence-corrected chi connectivity index (χ0v) is 24.1. The van der Waals surface area contributed by atoms with Crippen LogP contribution >= 0.6 is 0 Å². The van der Waals surface area contributed by atoms with Crippen molar-refractivity contribution in [1.82, 2.24) is 24.8 Å². The minimum absolute atomic E-state index is 0.108. The number of aromatic nitrogens is 4. The molecule has 44 heavy (non-hydrogen) atoms. The largest absolute Gasteiger partial charge is 0.478 e. The van der Waals surface area contributed by atoms with Crippen molar-refractivity contribution in [3.8, 4) is 0 Å². The molecule has 0 bridgehead atoms. The van der Waals surface area contributed by atoms with Gasteiger partial charge < -0.3 is 29.4 Å². The van der Waals surface area contributed by atoms with Crippen LogP contribution in [0.5, 0.6) is 0 Å². The van der Waals surface area contributed by atoms with Crippen LogP contribution in [0.2, 0.25) is 0 Å². The van der Waals surface area contributed by atoms with E-state index in [9.17, 15) is 14.7 Å². The Bertz CT molecular complexity index is 1660. The molecule has 228 valence electrons. The molecule has 0 spiro atoms. The summed E-state index contributed by atoms with van der Waals surface area (Å²) in [7, 11) is 0. The number of urea groups is 1. The van der Waals surface area contributed by atoms with Crippen molar-refractivity contribution in [2.24, 2.45) is 0 Å². The number of carbonyl (C=O) groups is 2. The summed E-state index contributed by atoms with van der Waals surface area (Å²) >= 11 is 0. The van der Waals surface area contributed by atoms with Crippen LogP contribution in [0.15, 0.2) is 73.3 Å². The smallest absolute Gasteiger partial charge is 0.336 e. The highest BCUT2D eigenvalue weighted by Crippen LogP contribution is 2.41. The number of anilines is 1. The number of nitrogens with zero attached hydrogens (tertiary/aromatic N) is 4. The Kier molecular flexibility index (Phi) is 8.61. The molecule has 0 radical (unpaired) electrons. The van der Waals surface area contributed by atoms with Crippen LogP contribution in [0.4, 0.5) is 10.6 Å². The van der Waals surface area contributed by atoms with Crippen LogP contribution in [0, 0.1) is 0 Å². The van der Waals surface area contributed by atoms with E-state index in [0.29, 0.717) is 23.3 Å². The third-order valence-electron chi connectivity index (χ3n) is 7.46. The number of hydrogen-bond donors (Lipinski definition) is 3. The molecule has 4 heterocycles. The van der Waals surface area contributed by atoms with Crippen LogP contribution in [0.1, 0.15) is 47.7 Å². The van der Waals surface area contributed by atoms with Crippen molar-refractivity contribution in [2.75, 3.05) is 18.5 Å². The molecule has 2 aliphatic rings. The molecule has 2 saturated heterocycles. The van der Waals surface area contributed by atoms with Crippen LogP contribution < -0.4 is 10.6 Å². The summed E-state index contributed by atoms with van der Waals surface area (Å²) < 4.78 is 27.0. The SMILES string of the molecule is CCNC(=O)Nc1ncnc2c1ncn2C1OC(CO[C@@H](C)c2ccccc2C(=O)O)C2O[C@H](/C=C/c3ccccc3)OC21. The number of rotatable bonds is 10. The van der Waals surface area contributed by atoms with E-state index in [1.807, 2.05) is 49.4 Å². The number of nitrogens with one attached hydrogen (secondary N) is 2. The number of carboxylic acid groups (broad SMARTS) is 1. The van der Waals surface area contributed by atoms with E-state index < -0.39 is 48.9 Å². The molecule has 3 N–H and O–H groups in total. The Morgan fingerprint density at radius 2 is 1.82 bits per heavy atom. The zero-order valence-electron chi connectivity index (χ0n) is 24.1. The van der Waals surface area contributed by atoms with E-state index in [0.717, 1.165) is 5.56 Å². The van der Waals surface area contributed by atoms with Crippen molar-refractivity contribution in [1.29, 1.82) is 0 Å². The predicted molar refractivity (Wildman–Crippen MR) is 159 cm³/mol. The first kappa shape index (κ1) is 29.4. The maximum absolute atomic E-state index is 12.2. The van der Waals surface area contributed by atoms with Gasteiger partial charge in [-0.1, -0.05) is 54.6 Å². The minimum Gasteiger partial charge on any atom is -0.478 e. The topological polar surface area (TPSA) is 159 Å². The fourth-order valence-corrected chi connectivity index (χ4v) is 5.38. The van der Waals surface area contributed by atoms with Crippen molar-refractivity contribution < 1.29 is 33.6 Å². The van der Waals surface area contributed by atoms with E-state index >= 15 is 0 Å². The number of aromatic carboxylic acids is 1. The van der Waals surface area contributed by atoms with Gasteiger partial charge in [-0.2, -0.15) is 0 Å².